The van der Waals surface area contributed by atoms with Crippen LogP contribution in [0.5, 0.6) is 17.4 Å². The topological polar surface area (TPSA) is 80.7 Å². The first-order chi connectivity index (χ1) is 14.7. The van der Waals surface area contributed by atoms with Gasteiger partial charge in [0, 0.05) is 44.7 Å². The van der Waals surface area contributed by atoms with Gasteiger partial charge in [-0.2, -0.15) is 0 Å². The van der Waals surface area contributed by atoms with Gasteiger partial charge < -0.3 is 20.1 Å². The van der Waals surface area contributed by atoms with Crippen molar-refractivity contribution in [3.63, 3.8) is 0 Å². The van der Waals surface area contributed by atoms with E-state index in [1.165, 1.54) is 0 Å². The summed E-state index contributed by atoms with van der Waals surface area (Å²) in [7, 11) is 3.36. The van der Waals surface area contributed by atoms with Crippen LogP contribution in [0.1, 0.15) is 11.1 Å². The Balaban J connectivity index is 1.45. The van der Waals surface area contributed by atoms with Crippen LogP contribution in [-0.2, 0) is 13.0 Å². The lowest BCUT2D eigenvalue weighted by Crippen LogP contribution is -2.37. The number of aromatic nitrogens is 2. The van der Waals surface area contributed by atoms with Crippen molar-refractivity contribution in [3.8, 4) is 17.4 Å². The Morgan fingerprint density at radius 1 is 1.00 bits per heavy atom. The van der Waals surface area contributed by atoms with E-state index in [4.69, 9.17) is 21.1 Å². The highest BCUT2D eigenvalue weighted by Crippen LogP contribution is 2.23. The predicted octanol–water partition coefficient (Wildman–Crippen LogP) is 3.84. The van der Waals surface area contributed by atoms with Gasteiger partial charge in [0.2, 0.25) is 5.88 Å². The van der Waals surface area contributed by atoms with Crippen LogP contribution in [0.3, 0.4) is 0 Å². The molecule has 0 amide bonds. The molecule has 3 aromatic rings. The van der Waals surface area contributed by atoms with Crippen molar-refractivity contribution in [1.29, 1.82) is 0 Å². The quantitative estimate of drug-likeness (QED) is 0.324. The summed E-state index contributed by atoms with van der Waals surface area (Å²) in [5, 5.41) is 7.05. The maximum Gasteiger partial charge on any atom is 0.219 e. The van der Waals surface area contributed by atoms with Crippen LogP contribution in [0.25, 0.3) is 0 Å². The summed E-state index contributed by atoms with van der Waals surface area (Å²) in [5.74, 6) is 2.65. The molecule has 0 radical (unpaired) electrons. The van der Waals surface area contributed by atoms with Crippen LogP contribution < -0.4 is 20.1 Å². The van der Waals surface area contributed by atoms with Gasteiger partial charge >= 0.3 is 0 Å². The number of nitrogens with one attached hydrogen (secondary N) is 2. The molecule has 0 aliphatic heterocycles. The van der Waals surface area contributed by atoms with Gasteiger partial charge in [-0.3, -0.25) is 4.99 Å². The molecule has 0 atom stereocenters. The Labute approximate surface area is 181 Å². The standard InChI is InChI=1S/C22H24ClN5O2/c1-24-22(25-11-10-16-6-8-20(23)26-13-16)28-15-17-7-9-21(27-14-17)30-19-5-3-4-18(12-19)29-2/h3-9,12-14H,10-11,15H2,1-2H3,(H2,24,25,28). The number of aliphatic imine (C=N–C) groups is 1. The maximum atomic E-state index is 5.81. The van der Waals surface area contributed by atoms with Crippen LogP contribution in [0.15, 0.2) is 65.9 Å². The van der Waals surface area contributed by atoms with E-state index < -0.39 is 0 Å². The first-order valence-corrected chi connectivity index (χ1v) is 9.86. The summed E-state index contributed by atoms with van der Waals surface area (Å²) < 4.78 is 11.0. The van der Waals surface area contributed by atoms with E-state index in [0.29, 0.717) is 29.3 Å². The third kappa shape index (κ3) is 6.63. The second kappa shape index (κ2) is 11.0. The fourth-order valence-corrected chi connectivity index (χ4v) is 2.76. The lowest BCUT2D eigenvalue weighted by Gasteiger charge is -2.12. The number of nitrogens with zero attached hydrogens (tertiary/aromatic N) is 3. The number of hydrogen-bond acceptors (Lipinski definition) is 5. The molecule has 1 aromatic carbocycles. The van der Waals surface area contributed by atoms with Crippen molar-refractivity contribution in [1.82, 2.24) is 20.6 Å². The summed E-state index contributed by atoms with van der Waals surface area (Å²) in [6.45, 7) is 1.32. The average molecular weight is 426 g/mol. The Hall–Kier alpha value is -3.32. The fraction of sp³-hybridized carbons (Fsp3) is 0.227. The van der Waals surface area contributed by atoms with Crippen LogP contribution in [0, 0.1) is 0 Å². The number of halogens is 1. The number of methoxy groups -OCH3 is 1. The molecule has 0 bridgehead atoms. The highest BCUT2D eigenvalue weighted by atomic mass is 35.5. The number of hydrogen-bond donors (Lipinski definition) is 2. The minimum atomic E-state index is 0.498. The number of ether oxygens (including phenoxy) is 2. The summed E-state index contributed by atoms with van der Waals surface area (Å²) in [4.78, 5) is 12.7. The normalized spacial score (nSPS) is 11.1. The molecule has 8 heteroatoms. The van der Waals surface area contributed by atoms with Crippen molar-refractivity contribution >= 4 is 17.6 Å². The van der Waals surface area contributed by atoms with Gasteiger partial charge in [-0.1, -0.05) is 29.8 Å². The van der Waals surface area contributed by atoms with Gasteiger partial charge in [-0.05, 0) is 35.7 Å². The van der Waals surface area contributed by atoms with Gasteiger partial charge in [0.05, 0.1) is 7.11 Å². The number of guanidine groups is 1. The van der Waals surface area contributed by atoms with Crippen molar-refractivity contribution in [2.45, 2.75) is 13.0 Å². The Morgan fingerprint density at radius 2 is 1.80 bits per heavy atom. The van der Waals surface area contributed by atoms with E-state index in [-0.39, 0.29) is 0 Å². The molecule has 30 heavy (non-hydrogen) atoms. The van der Waals surface area contributed by atoms with Gasteiger partial charge in [0.25, 0.3) is 0 Å². The van der Waals surface area contributed by atoms with Crippen LogP contribution >= 0.6 is 11.6 Å². The number of rotatable bonds is 8. The van der Waals surface area contributed by atoms with Crippen molar-refractivity contribution in [2.75, 3.05) is 20.7 Å². The molecule has 7 nitrogen and oxygen atoms in total. The Kier molecular flexibility index (Phi) is 7.86. The first kappa shape index (κ1) is 21.4. The summed E-state index contributed by atoms with van der Waals surface area (Å²) in [6.07, 6.45) is 4.37. The van der Waals surface area contributed by atoms with E-state index in [1.54, 1.807) is 32.6 Å². The number of pyridine rings is 2. The minimum absolute atomic E-state index is 0.498. The third-order valence-corrected chi connectivity index (χ3v) is 4.46. The lowest BCUT2D eigenvalue weighted by molar-refractivity contribution is 0.407. The molecule has 0 fully saturated rings. The van der Waals surface area contributed by atoms with E-state index in [9.17, 15) is 0 Å². The van der Waals surface area contributed by atoms with E-state index in [2.05, 4.69) is 25.6 Å². The maximum absolute atomic E-state index is 5.81. The zero-order valence-corrected chi connectivity index (χ0v) is 17.7. The fourth-order valence-electron chi connectivity index (χ4n) is 2.65. The number of benzene rings is 1. The summed E-state index contributed by atoms with van der Waals surface area (Å²) >= 11 is 5.81. The van der Waals surface area contributed by atoms with Crippen LogP contribution in [-0.4, -0.2) is 36.6 Å². The first-order valence-electron chi connectivity index (χ1n) is 9.48. The molecule has 0 saturated heterocycles. The molecule has 0 saturated carbocycles. The van der Waals surface area contributed by atoms with Gasteiger partial charge in [0.1, 0.15) is 16.7 Å². The van der Waals surface area contributed by atoms with E-state index in [0.717, 1.165) is 29.8 Å². The molecule has 0 aliphatic rings. The Morgan fingerprint density at radius 3 is 2.50 bits per heavy atom. The smallest absolute Gasteiger partial charge is 0.219 e. The highest BCUT2D eigenvalue weighted by Gasteiger charge is 2.03. The molecular formula is C22H24ClN5O2. The molecule has 156 valence electrons. The molecule has 2 N–H and O–H groups in total. The zero-order chi connectivity index (χ0) is 21.2. The van der Waals surface area contributed by atoms with Crippen molar-refractivity contribution in [3.05, 3.63) is 77.2 Å². The summed E-state index contributed by atoms with van der Waals surface area (Å²) in [6, 6.07) is 15.0. The molecule has 3 rings (SSSR count). The van der Waals surface area contributed by atoms with Crippen molar-refractivity contribution < 1.29 is 9.47 Å². The molecule has 0 aliphatic carbocycles. The van der Waals surface area contributed by atoms with E-state index in [1.807, 2.05) is 42.5 Å². The molecule has 2 aromatic heterocycles. The Bertz CT molecular complexity index is 962. The molecule has 2 heterocycles. The highest BCUT2D eigenvalue weighted by molar-refractivity contribution is 6.29. The SMILES string of the molecule is CN=C(NCCc1ccc(Cl)nc1)NCc1ccc(Oc2cccc(OC)c2)nc1. The predicted molar refractivity (Wildman–Crippen MR) is 118 cm³/mol. The van der Waals surface area contributed by atoms with Gasteiger partial charge in [-0.15, -0.1) is 0 Å². The second-order valence-corrected chi connectivity index (χ2v) is 6.76. The van der Waals surface area contributed by atoms with Gasteiger partial charge in [0.15, 0.2) is 5.96 Å². The van der Waals surface area contributed by atoms with E-state index >= 15 is 0 Å². The lowest BCUT2D eigenvalue weighted by atomic mass is 10.2. The van der Waals surface area contributed by atoms with Crippen LogP contribution in [0.4, 0.5) is 0 Å². The zero-order valence-electron chi connectivity index (χ0n) is 16.9. The molecule has 0 spiro atoms. The van der Waals surface area contributed by atoms with Gasteiger partial charge in [-0.25, -0.2) is 9.97 Å². The second-order valence-electron chi connectivity index (χ2n) is 6.38. The van der Waals surface area contributed by atoms with Crippen molar-refractivity contribution in [2.24, 2.45) is 4.99 Å². The molecule has 0 unspecified atom stereocenters. The third-order valence-electron chi connectivity index (χ3n) is 4.24. The summed E-state index contributed by atoms with van der Waals surface area (Å²) in [5.41, 5.74) is 2.12. The average Bonchev–Trinajstić information content (AvgIpc) is 2.78. The largest absolute Gasteiger partial charge is 0.497 e. The minimum Gasteiger partial charge on any atom is -0.497 e. The van der Waals surface area contributed by atoms with Crippen LogP contribution in [0.2, 0.25) is 5.15 Å². The molecular weight excluding hydrogens is 402 g/mol. The monoisotopic (exact) mass is 425 g/mol.